The second kappa shape index (κ2) is 9.90. The van der Waals surface area contributed by atoms with E-state index < -0.39 is 10.0 Å². The molecule has 1 amide bonds. The van der Waals surface area contributed by atoms with Gasteiger partial charge < -0.3 is 5.32 Å². The fourth-order valence-electron chi connectivity index (χ4n) is 2.34. The summed E-state index contributed by atoms with van der Waals surface area (Å²) < 4.78 is 26.1. The lowest BCUT2D eigenvalue weighted by molar-refractivity contribution is -0.116. The average molecular weight is 427 g/mol. The maximum Gasteiger partial charge on any atom is 0.224 e. The molecule has 5 nitrogen and oxygen atoms in total. The SMILES string of the molecule is C=CCNS(=O)(=O)Cc1ccc(NC(=O)CCc2ccc(Cl)cc2Cl)cc1. The van der Waals surface area contributed by atoms with Crippen molar-refractivity contribution in [3.05, 3.63) is 76.3 Å². The Labute approximate surface area is 169 Å². The zero-order chi connectivity index (χ0) is 19.9. The molecule has 2 aromatic rings. The molecule has 0 fully saturated rings. The van der Waals surface area contributed by atoms with Crippen molar-refractivity contribution in [1.29, 1.82) is 0 Å². The van der Waals surface area contributed by atoms with Gasteiger partial charge in [0, 0.05) is 28.7 Å². The van der Waals surface area contributed by atoms with Gasteiger partial charge in [0.25, 0.3) is 0 Å². The lowest BCUT2D eigenvalue weighted by Crippen LogP contribution is -2.25. The first-order valence-corrected chi connectivity index (χ1v) is 10.6. The van der Waals surface area contributed by atoms with Crippen LogP contribution in [0.3, 0.4) is 0 Å². The summed E-state index contributed by atoms with van der Waals surface area (Å²) in [4.78, 5) is 12.1. The molecule has 0 bridgehead atoms. The second-order valence-electron chi connectivity index (χ2n) is 5.88. The van der Waals surface area contributed by atoms with Gasteiger partial charge in [-0.1, -0.05) is 47.5 Å². The number of nitrogens with one attached hydrogen (secondary N) is 2. The lowest BCUT2D eigenvalue weighted by Gasteiger charge is -2.08. The highest BCUT2D eigenvalue weighted by Gasteiger charge is 2.11. The Morgan fingerprint density at radius 2 is 1.81 bits per heavy atom. The number of hydrogen-bond donors (Lipinski definition) is 2. The van der Waals surface area contributed by atoms with Crippen LogP contribution < -0.4 is 10.0 Å². The molecule has 0 spiro atoms. The third kappa shape index (κ3) is 7.34. The monoisotopic (exact) mass is 426 g/mol. The number of carbonyl (C=O) groups excluding carboxylic acids is 1. The number of rotatable bonds is 9. The molecule has 0 atom stereocenters. The Bertz CT molecular complexity index is 913. The van der Waals surface area contributed by atoms with Crippen LogP contribution in [0.2, 0.25) is 10.0 Å². The molecule has 8 heteroatoms. The molecule has 27 heavy (non-hydrogen) atoms. The van der Waals surface area contributed by atoms with Gasteiger partial charge in [0.1, 0.15) is 0 Å². The van der Waals surface area contributed by atoms with Crippen LogP contribution in [0.4, 0.5) is 5.69 Å². The first kappa shape index (κ1) is 21.4. The number of carbonyl (C=O) groups is 1. The topological polar surface area (TPSA) is 75.3 Å². The highest BCUT2D eigenvalue weighted by Crippen LogP contribution is 2.22. The van der Waals surface area contributed by atoms with Crippen molar-refractivity contribution in [1.82, 2.24) is 4.72 Å². The van der Waals surface area contributed by atoms with Crippen LogP contribution in [0, 0.1) is 0 Å². The van der Waals surface area contributed by atoms with E-state index in [9.17, 15) is 13.2 Å². The summed E-state index contributed by atoms with van der Waals surface area (Å²) in [5.41, 5.74) is 2.07. The molecular formula is C19H20Cl2N2O3S. The van der Waals surface area contributed by atoms with Crippen molar-refractivity contribution in [3.8, 4) is 0 Å². The smallest absolute Gasteiger partial charge is 0.224 e. The number of benzene rings is 2. The van der Waals surface area contributed by atoms with Crippen LogP contribution >= 0.6 is 23.2 Å². The Kier molecular flexibility index (Phi) is 7.86. The van der Waals surface area contributed by atoms with Crippen molar-refractivity contribution in [3.63, 3.8) is 0 Å². The molecule has 0 radical (unpaired) electrons. The van der Waals surface area contributed by atoms with Gasteiger partial charge >= 0.3 is 0 Å². The van der Waals surface area contributed by atoms with Crippen LogP contribution in [-0.4, -0.2) is 20.9 Å². The van der Waals surface area contributed by atoms with Crippen molar-refractivity contribution in [2.75, 3.05) is 11.9 Å². The third-order valence-corrected chi connectivity index (χ3v) is 5.59. The van der Waals surface area contributed by atoms with Gasteiger partial charge in [-0.15, -0.1) is 6.58 Å². The van der Waals surface area contributed by atoms with Crippen LogP contribution in [-0.2, 0) is 27.0 Å². The summed E-state index contributed by atoms with van der Waals surface area (Å²) in [6.07, 6.45) is 2.24. The van der Waals surface area contributed by atoms with Gasteiger partial charge in [-0.25, -0.2) is 13.1 Å². The molecular weight excluding hydrogens is 407 g/mol. The molecule has 0 unspecified atom stereocenters. The first-order valence-electron chi connectivity index (χ1n) is 8.20. The lowest BCUT2D eigenvalue weighted by atomic mass is 10.1. The van der Waals surface area contributed by atoms with E-state index in [4.69, 9.17) is 23.2 Å². The molecule has 0 saturated carbocycles. The average Bonchev–Trinajstić information content (AvgIpc) is 2.61. The molecule has 0 aromatic heterocycles. The molecule has 0 aliphatic carbocycles. The van der Waals surface area contributed by atoms with Crippen LogP contribution in [0.15, 0.2) is 55.1 Å². The maximum atomic E-state index is 12.1. The van der Waals surface area contributed by atoms with E-state index in [1.165, 1.54) is 6.08 Å². The molecule has 2 aromatic carbocycles. The van der Waals surface area contributed by atoms with E-state index in [1.54, 1.807) is 42.5 Å². The molecule has 144 valence electrons. The molecule has 2 N–H and O–H groups in total. The minimum Gasteiger partial charge on any atom is -0.326 e. The zero-order valence-corrected chi connectivity index (χ0v) is 16.9. The summed E-state index contributed by atoms with van der Waals surface area (Å²) in [5.74, 6) is -0.293. The van der Waals surface area contributed by atoms with E-state index in [0.29, 0.717) is 27.7 Å². The number of hydrogen-bond acceptors (Lipinski definition) is 3. The molecule has 2 rings (SSSR count). The van der Waals surface area contributed by atoms with Gasteiger partial charge in [0.15, 0.2) is 0 Å². The summed E-state index contributed by atoms with van der Waals surface area (Å²) >= 11 is 12.0. The minimum atomic E-state index is -3.41. The van der Waals surface area contributed by atoms with E-state index in [1.807, 2.05) is 0 Å². The number of aryl methyl sites for hydroxylation is 1. The van der Waals surface area contributed by atoms with Crippen molar-refractivity contribution < 1.29 is 13.2 Å². The van der Waals surface area contributed by atoms with Gasteiger partial charge in [-0.3, -0.25) is 4.79 Å². The van der Waals surface area contributed by atoms with Crippen molar-refractivity contribution in [2.45, 2.75) is 18.6 Å². The van der Waals surface area contributed by atoms with E-state index >= 15 is 0 Å². The summed E-state index contributed by atoms with van der Waals surface area (Å²) in [5, 5.41) is 3.87. The predicted octanol–water partition coefficient (Wildman–Crippen LogP) is 4.17. The Morgan fingerprint density at radius 3 is 2.44 bits per heavy atom. The maximum absolute atomic E-state index is 12.1. The number of anilines is 1. The summed E-state index contributed by atoms with van der Waals surface area (Å²) in [6, 6.07) is 11.9. The Hall–Kier alpha value is -1.86. The summed E-state index contributed by atoms with van der Waals surface area (Å²) in [7, 11) is -3.41. The second-order valence-corrected chi connectivity index (χ2v) is 8.53. The zero-order valence-electron chi connectivity index (χ0n) is 14.5. The van der Waals surface area contributed by atoms with E-state index in [0.717, 1.165) is 5.56 Å². The third-order valence-electron chi connectivity index (χ3n) is 3.68. The standard InChI is InChI=1S/C19H20Cl2N2O3S/c1-2-11-22-27(25,26)13-14-3-8-17(9-4-14)23-19(24)10-6-15-5-7-16(20)12-18(15)21/h2-5,7-9,12,22H,1,6,10-11,13H2,(H,23,24). The fraction of sp³-hybridized carbons (Fsp3) is 0.211. The highest BCUT2D eigenvalue weighted by atomic mass is 35.5. The fourth-order valence-corrected chi connectivity index (χ4v) is 3.94. The largest absolute Gasteiger partial charge is 0.326 e. The van der Waals surface area contributed by atoms with Gasteiger partial charge in [-0.05, 0) is 41.8 Å². The normalized spacial score (nSPS) is 11.2. The van der Waals surface area contributed by atoms with E-state index in [2.05, 4.69) is 16.6 Å². The molecule has 0 saturated heterocycles. The van der Waals surface area contributed by atoms with Crippen molar-refractivity contribution >= 4 is 44.8 Å². The highest BCUT2D eigenvalue weighted by molar-refractivity contribution is 7.88. The van der Waals surface area contributed by atoms with Gasteiger partial charge in [-0.2, -0.15) is 0 Å². The van der Waals surface area contributed by atoms with Crippen molar-refractivity contribution in [2.24, 2.45) is 0 Å². The van der Waals surface area contributed by atoms with Crippen LogP contribution in [0.5, 0.6) is 0 Å². The number of sulfonamides is 1. The summed E-state index contributed by atoms with van der Waals surface area (Å²) in [6.45, 7) is 3.66. The molecule has 0 aliphatic heterocycles. The molecule has 0 heterocycles. The minimum absolute atomic E-state index is 0.135. The van der Waals surface area contributed by atoms with Gasteiger partial charge in [0.2, 0.25) is 15.9 Å². The number of amides is 1. The van der Waals surface area contributed by atoms with Crippen LogP contribution in [0.25, 0.3) is 0 Å². The molecule has 0 aliphatic rings. The van der Waals surface area contributed by atoms with Crippen LogP contribution in [0.1, 0.15) is 17.5 Å². The number of halogens is 2. The first-order chi connectivity index (χ1) is 12.8. The Morgan fingerprint density at radius 1 is 1.11 bits per heavy atom. The van der Waals surface area contributed by atoms with Gasteiger partial charge in [0.05, 0.1) is 5.75 Å². The predicted molar refractivity (Wildman–Crippen MR) is 111 cm³/mol. The Balaban J connectivity index is 1.88. The van der Waals surface area contributed by atoms with E-state index in [-0.39, 0.29) is 24.6 Å². The quantitative estimate of drug-likeness (QED) is 0.590.